The minimum Gasteiger partial charge on any atom is -0.379 e. The number of aromatic nitrogens is 2. The summed E-state index contributed by atoms with van der Waals surface area (Å²) in [5.74, 6) is 7.49. The van der Waals surface area contributed by atoms with Gasteiger partial charge in [0.25, 0.3) is 0 Å². The van der Waals surface area contributed by atoms with Crippen LogP contribution in [0.15, 0.2) is 36.4 Å². The molecule has 1 atom stereocenters. The van der Waals surface area contributed by atoms with Crippen LogP contribution < -0.4 is 16.6 Å². The quantitative estimate of drug-likeness (QED) is 0.588. The average molecular weight is 285 g/mol. The second kappa shape index (κ2) is 6.51. The molecule has 2 heterocycles. The van der Waals surface area contributed by atoms with Crippen LogP contribution in [-0.2, 0) is 4.74 Å². The zero-order chi connectivity index (χ0) is 14.5. The molecule has 6 heteroatoms. The second-order valence-electron chi connectivity index (χ2n) is 5.03. The van der Waals surface area contributed by atoms with Gasteiger partial charge in [0.15, 0.2) is 5.82 Å². The topological polar surface area (TPSA) is 85.1 Å². The van der Waals surface area contributed by atoms with Crippen LogP contribution >= 0.6 is 0 Å². The number of nitrogen functional groups attached to an aromatic ring is 1. The number of nitrogens with two attached hydrogens (primary N) is 1. The van der Waals surface area contributed by atoms with Gasteiger partial charge in [-0.2, -0.15) is 0 Å². The Hall–Kier alpha value is -2.18. The van der Waals surface area contributed by atoms with Gasteiger partial charge in [0.1, 0.15) is 11.6 Å². The SMILES string of the molecule is NNc1cc(NC2CCCOC2)nc(-c2ccccc2)n1. The third-order valence-electron chi connectivity index (χ3n) is 3.42. The highest BCUT2D eigenvalue weighted by atomic mass is 16.5. The van der Waals surface area contributed by atoms with Crippen molar-refractivity contribution in [3.8, 4) is 11.4 Å². The number of nitrogens with zero attached hydrogens (tertiary/aromatic N) is 2. The van der Waals surface area contributed by atoms with Gasteiger partial charge in [0.05, 0.1) is 12.6 Å². The van der Waals surface area contributed by atoms with Gasteiger partial charge in [0.2, 0.25) is 0 Å². The Balaban J connectivity index is 1.86. The molecular weight excluding hydrogens is 266 g/mol. The molecule has 0 bridgehead atoms. The number of rotatable bonds is 4. The number of hydrazine groups is 1. The van der Waals surface area contributed by atoms with Gasteiger partial charge in [-0.15, -0.1) is 0 Å². The van der Waals surface area contributed by atoms with Gasteiger partial charge in [-0.25, -0.2) is 15.8 Å². The van der Waals surface area contributed by atoms with Crippen molar-refractivity contribution in [2.24, 2.45) is 5.84 Å². The monoisotopic (exact) mass is 285 g/mol. The maximum Gasteiger partial charge on any atom is 0.163 e. The van der Waals surface area contributed by atoms with E-state index < -0.39 is 0 Å². The van der Waals surface area contributed by atoms with E-state index in [0.717, 1.165) is 30.8 Å². The zero-order valence-electron chi connectivity index (χ0n) is 11.7. The van der Waals surface area contributed by atoms with Gasteiger partial charge in [-0.1, -0.05) is 30.3 Å². The highest BCUT2D eigenvalue weighted by molar-refractivity contribution is 5.61. The van der Waals surface area contributed by atoms with Crippen LogP contribution in [0.3, 0.4) is 0 Å². The number of hydrogen-bond donors (Lipinski definition) is 3. The van der Waals surface area contributed by atoms with Crippen molar-refractivity contribution < 1.29 is 4.74 Å². The van der Waals surface area contributed by atoms with Crippen molar-refractivity contribution in [1.29, 1.82) is 0 Å². The Kier molecular flexibility index (Phi) is 4.28. The molecular formula is C15H19N5O. The highest BCUT2D eigenvalue weighted by Gasteiger charge is 2.15. The van der Waals surface area contributed by atoms with Crippen molar-refractivity contribution in [2.45, 2.75) is 18.9 Å². The Bertz CT molecular complexity index is 584. The molecule has 4 N–H and O–H groups in total. The molecule has 110 valence electrons. The van der Waals surface area contributed by atoms with E-state index in [1.54, 1.807) is 6.07 Å². The fourth-order valence-corrected chi connectivity index (χ4v) is 2.38. The van der Waals surface area contributed by atoms with Crippen LogP contribution in [0.1, 0.15) is 12.8 Å². The Morgan fingerprint density at radius 2 is 1.95 bits per heavy atom. The van der Waals surface area contributed by atoms with E-state index in [4.69, 9.17) is 10.6 Å². The number of nitrogens with one attached hydrogen (secondary N) is 2. The summed E-state index contributed by atoms with van der Waals surface area (Å²) in [5.41, 5.74) is 3.55. The first-order valence-electron chi connectivity index (χ1n) is 7.10. The summed E-state index contributed by atoms with van der Waals surface area (Å²) in [7, 11) is 0. The summed E-state index contributed by atoms with van der Waals surface area (Å²) in [6, 6.07) is 11.9. The van der Waals surface area contributed by atoms with Crippen LogP contribution in [0.2, 0.25) is 0 Å². The van der Waals surface area contributed by atoms with Crippen LogP contribution in [-0.4, -0.2) is 29.2 Å². The summed E-state index contributed by atoms with van der Waals surface area (Å²) < 4.78 is 5.48. The largest absolute Gasteiger partial charge is 0.379 e. The van der Waals surface area contributed by atoms with Gasteiger partial charge in [-0.3, -0.25) is 0 Å². The molecule has 1 aromatic carbocycles. The predicted molar refractivity (Wildman–Crippen MR) is 82.7 cm³/mol. The van der Waals surface area contributed by atoms with Crippen molar-refractivity contribution in [2.75, 3.05) is 24.0 Å². The summed E-state index contributed by atoms with van der Waals surface area (Å²) in [6.45, 7) is 1.54. The first-order valence-corrected chi connectivity index (χ1v) is 7.10. The molecule has 6 nitrogen and oxygen atoms in total. The molecule has 1 aromatic heterocycles. The van der Waals surface area contributed by atoms with Crippen molar-refractivity contribution in [1.82, 2.24) is 9.97 Å². The molecule has 0 saturated carbocycles. The standard InChI is InChI=1S/C15H19N5O/c16-20-14-9-13(17-12-7-4-8-21-10-12)18-15(19-14)11-5-2-1-3-6-11/h1-3,5-6,9,12H,4,7-8,10,16H2,(H2,17,18,19,20). The van der Waals surface area contributed by atoms with Gasteiger partial charge in [0, 0.05) is 18.2 Å². The maximum absolute atomic E-state index is 5.51. The van der Waals surface area contributed by atoms with Crippen molar-refractivity contribution in [3.05, 3.63) is 36.4 Å². The third kappa shape index (κ3) is 3.48. The number of benzene rings is 1. The third-order valence-corrected chi connectivity index (χ3v) is 3.42. The molecule has 1 saturated heterocycles. The van der Waals surface area contributed by atoms with E-state index in [-0.39, 0.29) is 6.04 Å². The Morgan fingerprint density at radius 3 is 2.67 bits per heavy atom. The number of hydrogen-bond acceptors (Lipinski definition) is 6. The Morgan fingerprint density at radius 1 is 1.14 bits per heavy atom. The van der Waals surface area contributed by atoms with Crippen LogP contribution in [0, 0.1) is 0 Å². The van der Waals surface area contributed by atoms with E-state index in [0.29, 0.717) is 18.2 Å². The lowest BCUT2D eigenvalue weighted by molar-refractivity contribution is 0.0875. The molecule has 1 unspecified atom stereocenters. The summed E-state index contributed by atoms with van der Waals surface area (Å²) in [6.07, 6.45) is 2.15. The summed E-state index contributed by atoms with van der Waals surface area (Å²) in [4.78, 5) is 8.97. The van der Waals surface area contributed by atoms with Crippen LogP contribution in [0.5, 0.6) is 0 Å². The number of anilines is 2. The minimum absolute atomic E-state index is 0.280. The maximum atomic E-state index is 5.51. The molecule has 0 radical (unpaired) electrons. The van der Waals surface area contributed by atoms with Crippen LogP contribution in [0.25, 0.3) is 11.4 Å². The average Bonchev–Trinajstić information content (AvgIpc) is 2.56. The van der Waals surface area contributed by atoms with Crippen molar-refractivity contribution in [3.63, 3.8) is 0 Å². The fourth-order valence-electron chi connectivity index (χ4n) is 2.38. The summed E-state index contributed by atoms with van der Waals surface area (Å²) in [5, 5.41) is 3.39. The van der Waals surface area contributed by atoms with Gasteiger partial charge in [-0.05, 0) is 12.8 Å². The smallest absolute Gasteiger partial charge is 0.163 e. The van der Waals surface area contributed by atoms with E-state index >= 15 is 0 Å². The predicted octanol–water partition coefficient (Wildman–Crippen LogP) is 2.02. The molecule has 1 fully saturated rings. The van der Waals surface area contributed by atoms with E-state index in [9.17, 15) is 0 Å². The molecule has 2 aromatic rings. The zero-order valence-corrected chi connectivity index (χ0v) is 11.7. The highest BCUT2D eigenvalue weighted by Crippen LogP contribution is 2.21. The molecule has 0 amide bonds. The summed E-state index contributed by atoms with van der Waals surface area (Å²) >= 11 is 0. The van der Waals surface area contributed by atoms with Gasteiger partial charge >= 0.3 is 0 Å². The lowest BCUT2D eigenvalue weighted by Gasteiger charge is -2.23. The normalized spacial score (nSPS) is 18.2. The Labute approximate surface area is 123 Å². The lowest BCUT2D eigenvalue weighted by atomic mass is 10.1. The molecule has 0 spiro atoms. The first-order chi connectivity index (χ1) is 10.3. The van der Waals surface area contributed by atoms with E-state index in [1.165, 1.54) is 0 Å². The first kappa shape index (κ1) is 13.8. The molecule has 0 aliphatic carbocycles. The van der Waals surface area contributed by atoms with Gasteiger partial charge < -0.3 is 15.5 Å². The van der Waals surface area contributed by atoms with E-state index in [1.807, 2.05) is 30.3 Å². The molecule has 1 aliphatic heterocycles. The second-order valence-corrected chi connectivity index (χ2v) is 5.03. The van der Waals surface area contributed by atoms with Crippen molar-refractivity contribution >= 4 is 11.6 Å². The molecule has 1 aliphatic rings. The van der Waals surface area contributed by atoms with Crippen LogP contribution in [0.4, 0.5) is 11.6 Å². The lowest BCUT2D eigenvalue weighted by Crippen LogP contribution is -2.30. The number of ether oxygens (including phenoxy) is 1. The fraction of sp³-hybridized carbons (Fsp3) is 0.333. The molecule has 3 rings (SSSR count). The van der Waals surface area contributed by atoms with E-state index in [2.05, 4.69) is 20.7 Å². The minimum atomic E-state index is 0.280. The molecule has 21 heavy (non-hydrogen) atoms.